The van der Waals surface area contributed by atoms with Crippen molar-refractivity contribution >= 4 is 5.95 Å². The molecule has 0 bridgehead atoms. The molecule has 0 unspecified atom stereocenters. The molecule has 0 aliphatic heterocycles. The number of anilines is 1. The van der Waals surface area contributed by atoms with Crippen LogP contribution in [0.15, 0.2) is 36.5 Å². The van der Waals surface area contributed by atoms with Crippen LogP contribution >= 0.6 is 0 Å². The van der Waals surface area contributed by atoms with E-state index in [1.54, 1.807) is 23.1 Å². The average Bonchev–Trinajstić information content (AvgIpc) is 3.29. The third-order valence-corrected chi connectivity index (χ3v) is 3.44. The van der Waals surface area contributed by atoms with E-state index in [1.807, 2.05) is 6.07 Å². The van der Waals surface area contributed by atoms with Crippen LogP contribution in [-0.4, -0.2) is 21.1 Å². The molecule has 116 valence electrons. The highest BCUT2D eigenvalue weighted by Gasteiger charge is 2.35. The third kappa shape index (κ3) is 3.29. The van der Waals surface area contributed by atoms with Gasteiger partial charge in [0.2, 0.25) is 5.95 Å². The molecule has 1 saturated carbocycles. The smallest absolute Gasteiger partial charge is 0.433 e. The molecule has 0 amide bonds. The molecule has 0 radical (unpaired) electrons. The van der Waals surface area contributed by atoms with Crippen LogP contribution < -0.4 is 4.90 Å². The van der Waals surface area contributed by atoms with Gasteiger partial charge in [-0.3, -0.25) is 0 Å². The number of phenols is 1. The quantitative estimate of drug-likeness (QED) is 0.941. The predicted molar refractivity (Wildman–Crippen MR) is 74.3 cm³/mol. The summed E-state index contributed by atoms with van der Waals surface area (Å²) in [6, 6.07) is 7.65. The van der Waals surface area contributed by atoms with Crippen molar-refractivity contribution < 1.29 is 18.3 Å². The Morgan fingerprint density at radius 3 is 2.64 bits per heavy atom. The van der Waals surface area contributed by atoms with Crippen molar-refractivity contribution in [3.05, 3.63) is 47.8 Å². The number of nitrogens with zero attached hydrogens (tertiary/aromatic N) is 3. The number of aromatic hydroxyl groups is 1. The normalized spacial score (nSPS) is 14.9. The van der Waals surface area contributed by atoms with E-state index in [0.29, 0.717) is 6.54 Å². The van der Waals surface area contributed by atoms with Crippen molar-refractivity contribution in [1.29, 1.82) is 0 Å². The Hall–Kier alpha value is -2.31. The lowest BCUT2D eigenvalue weighted by Gasteiger charge is -2.23. The van der Waals surface area contributed by atoms with Crippen molar-refractivity contribution in [3.63, 3.8) is 0 Å². The molecule has 4 nitrogen and oxygen atoms in total. The number of phenolic OH excluding ortho intramolecular Hbond substituents is 1. The van der Waals surface area contributed by atoms with Crippen LogP contribution in [0.5, 0.6) is 5.75 Å². The number of alkyl halides is 3. The van der Waals surface area contributed by atoms with Crippen LogP contribution in [0, 0.1) is 0 Å². The molecule has 7 heteroatoms. The summed E-state index contributed by atoms with van der Waals surface area (Å²) in [6.07, 6.45) is -1.56. The molecule has 1 heterocycles. The van der Waals surface area contributed by atoms with Crippen molar-refractivity contribution in [2.75, 3.05) is 4.90 Å². The van der Waals surface area contributed by atoms with Gasteiger partial charge in [-0.05, 0) is 36.6 Å². The zero-order valence-corrected chi connectivity index (χ0v) is 11.6. The van der Waals surface area contributed by atoms with Crippen molar-refractivity contribution in [3.8, 4) is 5.75 Å². The molecule has 0 atom stereocenters. The molecule has 0 spiro atoms. The van der Waals surface area contributed by atoms with Gasteiger partial charge in [0.05, 0.1) is 0 Å². The summed E-state index contributed by atoms with van der Waals surface area (Å²) in [7, 11) is 0. The van der Waals surface area contributed by atoms with Gasteiger partial charge < -0.3 is 10.0 Å². The minimum Gasteiger partial charge on any atom is -0.508 e. The second kappa shape index (κ2) is 5.47. The topological polar surface area (TPSA) is 49.2 Å². The summed E-state index contributed by atoms with van der Waals surface area (Å²) < 4.78 is 38.4. The maximum atomic E-state index is 12.8. The summed E-state index contributed by atoms with van der Waals surface area (Å²) in [5.74, 6) is 0.193. The van der Waals surface area contributed by atoms with Gasteiger partial charge in [0.1, 0.15) is 11.4 Å². The molecule has 1 aliphatic carbocycles. The summed E-state index contributed by atoms with van der Waals surface area (Å²) >= 11 is 0. The molecule has 2 aromatic rings. The number of aromatic nitrogens is 2. The number of rotatable bonds is 4. The molecule has 0 saturated heterocycles. The van der Waals surface area contributed by atoms with Gasteiger partial charge in [-0.15, -0.1) is 0 Å². The number of halogens is 3. The van der Waals surface area contributed by atoms with Crippen LogP contribution in [0.25, 0.3) is 0 Å². The molecule has 1 aliphatic rings. The minimum absolute atomic E-state index is 0.0701. The summed E-state index contributed by atoms with van der Waals surface area (Å²) in [4.78, 5) is 9.39. The number of hydrogen-bond donors (Lipinski definition) is 1. The van der Waals surface area contributed by atoms with E-state index in [-0.39, 0.29) is 17.7 Å². The molecular weight excluding hydrogens is 295 g/mol. The van der Waals surface area contributed by atoms with E-state index in [1.165, 1.54) is 0 Å². The van der Waals surface area contributed by atoms with Gasteiger partial charge in [0.15, 0.2) is 0 Å². The second-order valence-electron chi connectivity index (χ2n) is 5.27. The fourth-order valence-corrected chi connectivity index (χ4v) is 2.25. The van der Waals surface area contributed by atoms with E-state index in [9.17, 15) is 18.3 Å². The van der Waals surface area contributed by atoms with Gasteiger partial charge in [-0.2, -0.15) is 13.2 Å². The molecule has 1 fully saturated rings. The van der Waals surface area contributed by atoms with Crippen LogP contribution in [-0.2, 0) is 12.7 Å². The van der Waals surface area contributed by atoms with Gasteiger partial charge in [-0.25, -0.2) is 9.97 Å². The van der Waals surface area contributed by atoms with Crippen LogP contribution in [0.1, 0.15) is 24.1 Å². The SMILES string of the molecule is Oc1cccc(CN(c2nccc(C(F)(F)F)n2)C2CC2)c1. The monoisotopic (exact) mass is 309 g/mol. The van der Waals surface area contributed by atoms with Crippen molar-refractivity contribution in [2.24, 2.45) is 0 Å². The fraction of sp³-hybridized carbons (Fsp3) is 0.333. The first kappa shape index (κ1) is 14.6. The summed E-state index contributed by atoms with van der Waals surface area (Å²) in [5, 5.41) is 9.50. The Labute approximate surface area is 125 Å². The Morgan fingerprint density at radius 2 is 2.00 bits per heavy atom. The average molecular weight is 309 g/mol. The zero-order chi connectivity index (χ0) is 15.7. The summed E-state index contributed by atoms with van der Waals surface area (Å²) in [5.41, 5.74) is -0.146. The zero-order valence-electron chi connectivity index (χ0n) is 11.6. The molecule has 1 N–H and O–H groups in total. The first-order valence-corrected chi connectivity index (χ1v) is 6.88. The van der Waals surface area contributed by atoms with Gasteiger partial charge in [-0.1, -0.05) is 12.1 Å². The first-order valence-electron chi connectivity index (χ1n) is 6.88. The molecule has 3 rings (SSSR count). The van der Waals surface area contributed by atoms with Crippen LogP contribution in [0.2, 0.25) is 0 Å². The molecule has 1 aromatic carbocycles. The van der Waals surface area contributed by atoms with Gasteiger partial charge >= 0.3 is 6.18 Å². The maximum Gasteiger partial charge on any atom is 0.433 e. The first-order chi connectivity index (χ1) is 10.4. The summed E-state index contributed by atoms with van der Waals surface area (Å²) in [6.45, 7) is 0.361. The minimum atomic E-state index is -4.49. The number of benzene rings is 1. The Balaban J connectivity index is 1.88. The lowest BCUT2D eigenvalue weighted by molar-refractivity contribution is -0.141. The largest absolute Gasteiger partial charge is 0.508 e. The fourth-order valence-electron chi connectivity index (χ4n) is 2.25. The molecule has 1 aromatic heterocycles. The van der Waals surface area contributed by atoms with Crippen LogP contribution in [0.3, 0.4) is 0 Å². The number of hydrogen-bond acceptors (Lipinski definition) is 4. The lowest BCUT2D eigenvalue weighted by atomic mass is 10.2. The van der Waals surface area contributed by atoms with E-state index >= 15 is 0 Å². The third-order valence-electron chi connectivity index (χ3n) is 3.44. The molecular formula is C15H14F3N3O. The van der Waals surface area contributed by atoms with E-state index in [4.69, 9.17) is 0 Å². The highest BCUT2D eigenvalue weighted by molar-refractivity contribution is 5.38. The van der Waals surface area contributed by atoms with E-state index in [2.05, 4.69) is 9.97 Å². The highest BCUT2D eigenvalue weighted by atomic mass is 19.4. The maximum absolute atomic E-state index is 12.8. The van der Waals surface area contributed by atoms with Gasteiger partial charge in [0.25, 0.3) is 0 Å². The van der Waals surface area contributed by atoms with Crippen LogP contribution in [0.4, 0.5) is 19.1 Å². The second-order valence-corrected chi connectivity index (χ2v) is 5.27. The Kier molecular flexibility index (Phi) is 3.64. The van der Waals surface area contributed by atoms with Gasteiger partial charge in [0, 0.05) is 18.8 Å². The Bertz CT molecular complexity index is 671. The van der Waals surface area contributed by atoms with E-state index in [0.717, 1.165) is 30.7 Å². The molecule has 22 heavy (non-hydrogen) atoms. The Morgan fingerprint density at radius 1 is 1.23 bits per heavy atom. The van der Waals surface area contributed by atoms with E-state index < -0.39 is 11.9 Å². The highest BCUT2D eigenvalue weighted by Crippen LogP contribution is 2.33. The predicted octanol–water partition coefficient (Wildman–Crippen LogP) is 3.37. The van der Waals surface area contributed by atoms with Crippen molar-refractivity contribution in [1.82, 2.24) is 9.97 Å². The lowest BCUT2D eigenvalue weighted by Crippen LogP contribution is -2.27. The van der Waals surface area contributed by atoms with Crippen molar-refractivity contribution in [2.45, 2.75) is 31.6 Å². The standard InChI is InChI=1S/C15H14F3N3O/c16-15(17,18)13-6-7-19-14(20-13)21(11-4-5-11)9-10-2-1-3-12(22)8-10/h1-3,6-8,11,22H,4-5,9H2.